The SMILES string of the molecule is COc1cc2ncc(-c3nc(Br)ncc3F)n2nc1N1C=CSC=C1. The summed E-state index contributed by atoms with van der Waals surface area (Å²) in [4.78, 5) is 14.0. The first kappa shape index (κ1) is 16.0. The number of ether oxygens (including phenoxy) is 1. The molecule has 0 bridgehead atoms. The van der Waals surface area contributed by atoms with Crippen molar-refractivity contribution < 1.29 is 9.13 Å². The third kappa shape index (κ3) is 2.87. The topological polar surface area (TPSA) is 68.4 Å². The molecule has 3 aromatic rings. The molecule has 1 aliphatic heterocycles. The Hall–Kier alpha value is -2.46. The van der Waals surface area contributed by atoms with Crippen molar-refractivity contribution in [3.63, 3.8) is 0 Å². The van der Waals surface area contributed by atoms with Gasteiger partial charge in [-0.25, -0.2) is 23.9 Å². The Balaban J connectivity index is 1.93. The molecule has 0 saturated heterocycles. The third-order valence-corrected chi connectivity index (χ3v) is 4.40. The van der Waals surface area contributed by atoms with Crippen LogP contribution in [0, 0.1) is 5.82 Å². The molecule has 0 saturated carbocycles. The molecule has 25 heavy (non-hydrogen) atoms. The zero-order chi connectivity index (χ0) is 17.4. The lowest BCUT2D eigenvalue weighted by Gasteiger charge is -2.19. The van der Waals surface area contributed by atoms with Gasteiger partial charge in [-0.1, -0.05) is 0 Å². The smallest absolute Gasteiger partial charge is 0.200 e. The van der Waals surface area contributed by atoms with Crippen LogP contribution in [0.1, 0.15) is 0 Å². The number of rotatable bonds is 3. The minimum absolute atomic E-state index is 0.110. The zero-order valence-electron chi connectivity index (χ0n) is 12.8. The number of anilines is 1. The Morgan fingerprint density at radius 2 is 2.00 bits per heavy atom. The van der Waals surface area contributed by atoms with E-state index in [-0.39, 0.29) is 10.4 Å². The summed E-state index contributed by atoms with van der Waals surface area (Å²) in [6.07, 6.45) is 6.34. The molecule has 0 amide bonds. The Bertz CT molecular complexity index is 1010. The molecule has 0 N–H and O–H groups in total. The number of nitrogens with zero attached hydrogens (tertiary/aromatic N) is 6. The van der Waals surface area contributed by atoms with Gasteiger partial charge in [-0.15, -0.1) is 16.9 Å². The van der Waals surface area contributed by atoms with E-state index in [1.807, 2.05) is 28.1 Å². The first-order chi connectivity index (χ1) is 12.2. The summed E-state index contributed by atoms with van der Waals surface area (Å²) in [6.45, 7) is 0. The van der Waals surface area contributed by atoms with Crippen molar-refractivity contribution in [2.24, 2.45) is 0 Å². The van der Waals surface area contributed by atoms with E-state index in [4.69, 9.17) is 4.74 Å². The van der Waals surface area contributed by atoms with Crippen LogP contribution in [0.4, 0.5) is 10.2 Å². The normalized spacial score (nSPS) is 13.6. The van der Waals surface area contributed by atoms with Crippen LogP contribution in [0.25, 0.3) is 17.0 Å². The molecule has 10 heteroatoms. The highest BCUT2D eigenvalue weighted by atomic mass is 79.9. The average molecular weight is 421 g/mol. The van der Waals surface area contributed by atoms with Crippen LogP contribution in [0.2, 0.25) is 0 Å². The number of fused-ring (bicyclic) bond motifs is 1. The van der Waals surface area contributed by atoms with E-state index >= 15 is 0 Å². The highest BCUT2D eigenvalue weighted by Gasteiger charge is 2.19. The van der Waals surface area contributed by atoms with Crippen molar-refractivity contribution in [1.82, 2.24) is 24.6 Å². The first-order valence-corrected chi connectivity index (χ1v) is 8.79. The second-order valence-corrected chi connectivity index (χ2v) is 6.42. The lowest BCUT2D eigenvalue weighted by molar-refractivity contribution is 0.413. The van der Waals surface area contributed by atoms with Gasteiger partial charge in [0.15, 0.2) is 27.8 Å². The molecule has 0 atom stereocenters. The van der Waals surface area contributed by atoms with Gasteiger partial charge in [-0.05, 0) is 26.7 Å². The molecule has 1 aliphatic rings. The third-order valence-electron chi connectivity index (χ3n) is 3.46. The minimum Gasteiger partial charge on any atom is -0.493 e. The van der Waals surface area contributed by atoms with Crippen molar-refractivity contribution in [3.05, 3.63) is 52.2 Å². The Kier molecular flexibility index (Phi) is 4.14. The number of hydrogen-bond acceptors (Lipinski definition) is 7. The van der Waals surface area contributed by atoms with Crippen LogP contribution in [0.3, 0.4) is 0 Å². The number of imidazole rings is 1. The van der Waals surface area contributed by atoms with Crippen molar-refractivity contribution in [3.8, 4) is 17.1 Å². The maximum Gasteiger partial charge on any atom is 0.200 e. The van der Waals surface area contributed by atoms with E-state index in [0.717, 1.165) is 6.20 Å². The molecule has 4 rings (SSSR count). The second-order valence-electron chi connectivity index (χ2n) is 4.90. The van der Waals surface area contributed by atoms with Gasteiger partial charge >= 0.3 is 0 Å². The Morgan fingerprint density at radius 3 is 2.76 bits per heavy atom. The zero-order valence-corrected chi connectivity index (χ0v) is 15.2. The van der Waals surface area contributed by atoms with Gasteiger partial charge in [0.2, 0.25) is 0 Å². The van der Waals surface area contributed by atoms with Gasteiger partial charge in [-0.2, -0.15) is 0 Å². The number of aromatic nitrogens is 5. The maximum absolute atomic E-state index is 14.2. The fraction of sp³-hybridized carbons (Fsp3) is 0.0667. The first-order valence-electron chi connectivity index (χ1n) is 7.05. The van der Waals surface area contributed by atoms with E-state index < -0.39 is 5.82 Å². The molecular weight excluding hydrogens is 411 g/mol. The molecule has 126 valence electrons. The Labute approximate surface area is 154 Å². The summed E-state index contributed by atoms with van der Waals surface area (Å²) >= 11 is 4.71. The number of thioether (sulfide) groups is 1. The standard InChI is InChI=1S/C15H10BrFN6OS/c1-24-11-6-12-18-8-10(13-9(17)7-19-15(16)20-13)23(12)21-14(11)22-2-4-25-5-3-22/h2-8H,1H3. The van der Waals surface area contributed by atoms with Gasteiger partial charge in [0, 0.05) is 18.5 Å². The highest BCUT2D eigenvalue weighted by Crippen LogP contribution is 2.31. The van der Waals surface area contributed by atoms with Gasteiger partial charge in [0.25, 0.3) is 0 Å². The summed E-state index contributed by atoms with van der Waals surface area (Å²) in [6, 6.07) is 1.74. The monoisotopic (exact) mass is 420 g/mol. The summed E-state index contributed by atoms with van der Waals surface area (Å²) in [5.74, 6) is 0.545. The van der Waals surface area contributed by atoms with E-state index in [1.54, 1.807) is 24.9 Å². The van der Waals surface area contributed by atoms with E-state index in [0.29, 0.717) is 22.9 Å². The highest BCUT2D eigenvalue weighted by molar-refractivity contribution is 9.10. The van der Waals surface area contributed by atoms with Crippen molar-refractivity contribution in [1.29, 1.82) is 0 Å². The number of hydrogen-bond donors (Lipinski definition) is 0. The lowest BCUT2D eigenvalue weighted by atomic mass is 10.3. The molecule has 0 spiro atoms. The molecule has 7 nitrogen and oxygen atoms in total. The van der Waals surface area contributed by atoms with Crippen LogP contribution in [0.5, 0.6) is 5.75 Å². The maximum atomic E-state index is 14.2. The van der Waals surface area contributed by atoms with Gasteiger partial charge in [-0.3, -0.25) is 0 Å². The van der Waals surface area contributed by atoms with Crippen LogP contribution in [-0.2, 0) is 0 Å². The molecule has 4 heterocycles. The quantitative estimate of drug-likeness (QED) is 0.599. The lowest BCUT2D eigenvalue weighted by Crippen LogP contribution is -2.13. The van der Waals surface area contributed by atoms with Crippen molar-refractivity contribution >= 4 is 39.2 Å². The second kappa shape index (κ2) is 6.45. The van der Waals surface area contributed by atoms with E-state index in [2.05, 4.69) is 36.0 Å². The summed E-state index contributed by atoms with van der Waals surface area (Å²) in [5, 5.41) is 8.41. The predicted octanol–water partition coefficient (Wildman–Crippen LogP) is 3.59. The van der Waals surface area contributed by atoms with Crippen LogP contribution in [0.15, 0.2) is 46.4 Å². The number of methoxy groups -OCH3 is 1. The molecule has 0 fully saturated rings. The van der Waals surface area contributed by atoms with Crippen LogP contribution >= 0.6 is 27.7 Å². The largest absolute Gasteiger partial charge is 0.493 e. The average Bonchev–Trinajstić information content (AvgIpc) is 3.06. The summed E-state index contributed by atoms with van der Waals surface area (Å²) < 4.78 is 21.4. The van der Waals surface area contributed by atoms with Crippen molar-refractivity contribution in [2.75, 3.05) is 12.0 Å². The van der Waals surface area contributed by atoms with Gasteiger partial charge in [0.05, 0.1) is 19.5 Å². The summed E-state index contributed by atoms with van der Waals surface area (Å²) in [5.41, 5.74) is 1.04. The number of halogens is 2. The molecular formula is C15H10BrFN6OS. The predicted molar refractivity (Wildman–Crippen MR) is 96.6 cm³/mol. The fourth-order valence-electron chi connectivity index (χ4n) is 2.34. The Morgan fingerprint density at radius 1 is 1.20 bits per heavy atom. The molecule has 0 radical (unpaired) electrons. The van der Waals surface area contributed by atoms with E-state index in [1.165, 1.54) is 10.7 Å². The van der Waals surface area contributed by atoms with Crippen molar-refractivity contribution in [2.45, 2.75) is 0 Å². The minimum atomic E-state index is -0.557. The molecule has 0 unspecified atom stereocenters. The van der Waals surface area contributed by atoms with Crippen LogP contribution in [-0.4, -0.2) is 31.7 Å². The van der Waals surface area contributed by atoms with Gasteiger partial charge in [0.1, 0.15) is 11.4 Å². The summed E-state index contributed by atoms with van der Waals surface area (Å²) in [7, 11) is 1.56. The molecule has 3 aromatic heterocycles. The molecule has 0 aliphatic carbocycles. The molecule has 0 aromatic carbocycles. The van der Waals surface area contributed by atoms with Gasteiger partial charge < -0.3 is 9.64 Å². The fourth-order valence-corrected chi connectivity index (χ4v) is 3.12. The van der Waals surface area contributed by atoms with Crippen LogP contribution < -0.4 is 9.64 Å². The van der Waals surface area contributed by atoms with E-state index in [9.17, 15) is 4.39 Å².